The summed E-state index contributed by atoms with van der Waals surface area (Å²) in [5.41, 5.74) is 10.6. The van der Waals surface area contributed by atoms with Crippen molar-refractivity contribution in [3.63, 3.8) is 0 Å². The van der Waals surface area contributed by atoms with E-state index in [1.807, 2.05) is 23.5 Å². The molecule has 3 heteroatoms. The van der Waals surface area contributed by atoms with Crippen molar-refractivity contribution < 1.29 is 0 Å². The lowest BCUT2D eigenvalue weighted by molar-refractivity contribution is 0.608. The van der Waals surface area contributed by atoms with Gasteiger partial charge in [0.25, 0.3) is 0 Å². The molecule has 0 fully saturated rings. The number of thiophene rings is 1. The number of nitrogen functional groups attached to an aromatic ring is 1. The Labute approximate surface area is 112 Å². The second-order valence-corrected chi connectivity index (χ2v) is 5.91. The second-order valence-electron chi connectivity index (χ2n) is 4.91. The number of anilines is 2. The SMILES string of the molecule is Cc1c(N)cccc1NC1CCCc2sccc21. The van der Waals surface area contributed by atoms with Crippen molar-refractivity contribution in [2.45, 2.75) is 32.2 Å². The fourth-order valence-corrected chi connectivity index (χ4v) is 3.62. The van der Waals surface area contributed by atoms with Gasteiger partial charge in [-0.1, -0.05) is 6.07 Å². The van der Waals surface area contributed by atoms with Gasteiger partial charge in [-0.15, -0.1) is 11.3 Å². The smallest absolute Gasteiger partial charge is 0.0525 e. The molecule has 0 bridgehead atoms. The van der Waals surface area contributed by atoms with Gasteiger partial charge in [-0.25, -0.2) is 0 Å². The molecule has 18 heavy (non-hydrogen) atoms. The molecule has 0 radical (unpaired) electrons. The highest BCUT2D eigenvalue weighted by Crippen LogP contribution is 2.36. The van der Waals surface area contributed by atoms with Gasteiger partial charge in [0.05, 0.1) is 6.04 Å². The van der Waals surface area contributed by atoms with Crippen molar-refractivity contribution in [1.29, 1.82) is 0 Å². The molecule has 1 unspecified atom stereocenters. The van der Waals surface area contributed by atoms with E-state index in [0.717, 1.165) is 11.3 Å². The molecule has 1 atom stereocenters. The topological polar surface area (TPSA) is 38.0 Å². The highest BCUT2D eigenvalue weighted by molar-refractivity contribution is 7.10. The van der Waals surface area contributed by atoms with Crippen molar-refractivity contribution in [3.05, 3.63) is 45.6 Å². The molecule has 1 aromatic carbocycles. The normalized spacial score (nSPS) is 18.4. The molecule has 0 saturated heterocycles. The molecule has 0 aliphatic heterocycles. The van der Waals surface area contributed by atoms with Gasteiger partial charge < -0.3 is 11.1 Å². The molecule has 3 rings (SSSR count). The molecule has 0 amide bonds. The Kier molecular flexibility index (Phi) is 3.00. The summed E-state index contributed by atoms with van der Waals surface area (Å²) in [7, 11) is 0. The van der Waals surface area contributed by atoms with Crippen molar-refractivity contribution in [2.75, 3.05) is 11.1 Å². The maximum atomic E-state index is 5.96. The number of fused-ring (bicyclic) bond motifs is 1. The monoisotopic (exact) mass is 258 g/mol. The van der Waals surface area contributed by atoms with Crippen LogP contribution in [0.25, 0.3) is 0 Å². The van der Waals surface area contributed by atoms with E-state index in [0.29, 0.717) is 6.04 Å². The second kappa shape index (κ2) is 4.65. The maximum Gasteiger partial charge on any atom is 0.0525 e. The molecule has 1 aromatic heterocycles. The molecule has 1 heterocycles. The lowest BCUT2D eigenvalue weighted by Gasteiger charge is -2.25. The van der Waals surface area contributed by atoms with E-state index in [1.165, 1.54) is 30.5 Å². The van der Waals surface area contributed by atoms with Crippen LogP contribution in [0.3, 0.4) is 0 Å². The molecular formula is C15H18N2S. The van der Waals surface area contributed by atoms with E-state index in [-0.39, 0.29) is 0 Å². The third kappa shape index (κ3) is 1.99. The first-order valence-corrected chi connectivity index (χ1v) is 7.31. The summed E-state index contributed by atoms with van der Waals surface area (Å²) in [6, 6.07) is 8.80. The van der Waals surface area contributed by atoms with Crippen LogP contribution in [0.4, 0.5) is 11.4 Å². The molecule has 2 nitrogen and oxygen atoms in total. The summed E-state index contributed by atoms with van der Waals surface area (Å²) in [4.78, 5) is 1.54. The summed E-state index contributed by atoms with van der Waals surface area (Å²) in [5, 5.41) is 5.86. The molecule has 0 saturated carbocycles. The van der Waals surface area contributed by atoms with Crippen LogP contribution in [0.1, 0.15) is 34.9 Å². The molecule has 94 valence electrons. The minimum atomic E-state index is 0.445. The number of nitrogens with two attached hydrogens (primary N) is 1. The zero-order valence-corrected chi connectivity index (χ0v) is 11.4. The average Bonchev–Trinajstić information content (AvgIpc) is 2.84. The van der Waals surface area contributed by atoms with Crippen LogP contribution in [0.15, 0.2) is 29.6 Å². The maximum absolute atomic E-state index is 5.96. The lowest BCUT2D eigenvalue weighted by Crippen LogP contribution is -2.16. The van der Waals surface area contributed by atoms with Crippen LogP contribution >= 0.6 is 11.3 Å². The first kappa shape index (κ1) is 11.6. The predicted molar refractivity (Wildman–Crippen MR) is 79.2 cm³/mol. The third-order valence-electron chi connectivity index (χ3n) is 3.76. The molecule has 1 aliphatic carbocycles. The highest BCUT2D eigenvalue weighted by atomic mass is 32.1. The van der Waals surface area contributed by atoms with Crippen molar-refractivity contribution in [2.24, 2.45) is 0 Å². The largest absolute Gasteiger partial charge is 0.398 e. The average molecular weight is 258 g/mol. The molecular weight excluding hydrogens is 240 g/mol. The highest BCUT2D eigenvalue weighted by Gasteiger charge is 2.21. The Bertz CT molecular complexity index is 559. The van der Waals surface area contributed by atoms with Gasteiger partial charge in [0.15, 0.2) is 0 Å². The first-order chi connectivity index (χ1) is 8.75. The van der Waals surface area contributed by atoms with Gasteiger partial charge in [0.2, 0.25) is 0 Å². The third-order valence-corrected chi connectivity index (χ3v) is 4.75. The molecule has 0 spiro atoms. The minimum absolute atomic E-state index is 0.445. The van der Waals surface area contributed by atoms with Gasteiger partial charge in [-0.2, -0.15) is 0 Å². The van der Waals surface area contributed by atoms with Gasteiger partial charge in [-0.3, -0.25) is 0 Å². The number of hydrogen-bond donors (Lipinski definition) is 2. The van der Waals surface area contributed by atoms with Crippen LogP contribution in [0, 0.1) is 6.92 Å². The van der Waals surface area contributed by atoms with E-state index in [2.05, 4.69) is 29.8 Å². The number of nitrogens with one attached hydrogen (secondary N) is 1. The standard InChI is InChI=1S/C15H18N2S/c1-10-12(16)4-2-5-13(10)17-14-6-3-7-15-11(14)8-9-18-15/h2,4-5,8-9,14,17H,3,6-7,16H2,1H3. The number of rotatable bonds is 2. The summed E-state index contributed by atoms with van der Waals surface area (Å²) in [6.07, 6.45) is 3.71. The Hall–Kier alpha value is -1.48. The van der Waals surface area contributed by atoms with Crippen LogP contribution in [-0.4, -0.2) is 0 Å². The lowest BCUT2D eigenvalue weighted by atomic mass is 9.93. The van der Waals surface area contributed by atoms with Crippen LogP contribution in [0.2, 0.25) is 0 Å². The van der Waals surface area contributed by atoms with Gasteiger partial charge >= 0.3 is 0 Å². The Morgan fingerprint density at radius 2 is 2.22 bits per heavy atom. The van der Waals surface area contributed by atoms with Crippen LogP contribution < -0.4 is 11.1 Å². The van der Waals surface area contributed by atoms with E-state index in [1.54, 1.807) is 4.88 Å². The zero-order valence-electron chi connectivity index (χ0n) is 10.6. The van der Waals surface area contributed by atoms with Gasteiger partial charge in [-0.05, 0) is 60.9 Å². The van der Waals surface area contributed by atoms with Crippen LogP contribution in [0.5, 0.6) is 0 Å². The summed E-state index contributed by atoms with van der Waals surface area (Å²) in [5.74, 6) is 0. The zero-order chi connectivity index (χ0) is 12.5. The van der Waals surface area contributed by atoms with E-state index in [4.69, 9.17) is 5.73 Å². The summed E-state index contributed by atoms with van der Waals surface area (Å²) in [6.45, 7) is 2.08. The van der Waals surface area contributed by atoms with E-state index in [9.17, 15) is 0 Å². The molecule has 1 aliphatic rings. The Morgan fingerprint density at radius 3 is 3.11 bits per heavy atom. The number of aryl methyl sites for hydroxylation is 1. The Balaban J connectivity index is 1.88. The van der Waals surface area contributed by atoms with Crippen LogP contribution in [-0.2, 0) is 6.42 Å². The molecule has 2 aromatic rings. The van der Waals surface area contributed by atoms with Gasteiger partial charge in [0.1, 0.15) is 0 Å². The molecule has 3 N–H and O–H groups in total. The van der Waals surface area contributed by atoms with Crippen molar-refractivity contribution >= 4 is 22.7 Å². The van der Waals surface area contributed by atoms with Crippen molar-refractivity contribution in [3.8, 4) is 0 Å². The Morgan fingerprint density at radius 1 is 1.33 bits per heavy atom. The van der Waals surface area contributed by atoms with Gasteiger partial charge in [0, 0.05) is 16.3 Å². The predicted octanol–water partition coefficient (Wildman–Crippen LogP) is 4.13. The minimum Gasteiger partial charge on any atom is -0.398 e. The van der Waals surface area contributed by atoms with Crippen molar-refractivity contribution in [1.82, 2.24) is 0 Å². The number of hydrogen-bond acceptors (Lipinski definition) is 3. The fourth-order valence-electron chi connectivity index (χ4n) is 2.63. The summed E-state index contributed by atoms with van der Waals surface area (Å²) < 4.78 is 0. The quantitative estimate of drug-likeness (QED) is 0.795. The summed E-state index contributed by atoms with van der Waals surface area (Å²) >= 11 is 1.88. The van der Waals surface area contributed by atoms with E-state index < -0.39 is 0 Å². The fraction of sp³-hybridized carbons (Fsp3) is 0.333. The first-order valence-electron chi connectivity index (χ1n) is 6.43. The van der Waals surface area contributed by atoms with E-state index >= 15 is 0 Å². The number of benzene rings is 1.